The summed E-state index contributed by atoms with van der Waals surface area (Å²) in [5.41, 5.74) is 5.32. The van der Waals surface area contributed by atoms with Crippen molar-refractivity contribution in [2.24, 2.45) is 0 Å². The Labute approximate surface area is 209 Å². The minimum Gasteiger partial charge on any atom is -0.335 e. The molecule has 1 aromatic carbocycles. The molecule has 0 fully saturated rings. The molecule has 5 aromatic heterocycles. The molecule has 0 atom stereocenters. The summed E-state index contributed by atoms with van der Waals surface area (Å²) < 4.78 is 39.8. The van der Waals surface area contributed by atoms with Gasteiger partial charge in [0.25, 0.3) is 0 Å². The maximum absolute atomic E-state index is 14.5. The topological polar surface area (TPSA) is 155 Å². The third kappa shape index (κ3) is 4.52. The molecule has 184 valence electrons. The van der Waals surface area contributed by atoms with Crippen LogP contribution in [-0.2, 0) is 16.6 Å². The Kier molecular flexibility index (Phi) is 5.43. The van der Waals surface area contributed by atoms with Gasteiger partial charge in [-0.25, -0.2) is 22.5 Å². The second-order valence-corrected chi connectivity index (χ2v) is 10.2. The van der Waals surface area contributed by atoms with Crippen molar-refractivity contribution >= 4 is 32.0 Å². The molecule has 0 amide bonds. The standard InChI is InChI=1S/C24H18FN9O2S/c1-37(35,36)30-8-13-4-14(6-15(25)5-13)17-9-27-11-21-22(17)32-24(31-21)23-16-7-18(20-10-26-2-3-28-20)29-12-19(16)33-34-23/h2-7,9-12,30H,8H2,1H3,(H,31,32)(H,33,34). The number of fused-ring (bicyclic) bond motifs is 2. The number of nitrogens with zero attached hydrogens (tertiary/aromatic N) is 6. The number of nitrogens with one attached hydrogen (secondary N) is 3. The van der Waals surface area contributed by atoms with Crippen LogP contribution in [0.25, 0.3) is 56.0 Å². The minimum atomic E-state index is -3.43. The molecule has 0 radical (unpaired) electrons. The lowest BCUT2D eigenvalue weighted by molar-refractivity contribution is 0.586. The molecule has 13 heteroatoms. The Morgan fingerprint density at radius 1 is 0.946 bits per heavy atom. The predicted octanol–water partition coefficient (Wildman–Crippen LogP) is 3.21. The van der Waals surface area contributed by atoms with E-state index in [1.165, 1.54) is 12.1 Å². The third-order valence-corrected chi connectivity index (χ3v) is 6.37. The quantitative estimate of drug-likeness (QED) is 0.305. The van der Waals surface area contributed by atoms with Crippen LogP contribution in [0.5, 0.6) is 0 Å². The monoisotopic (exact) mass is 515 g/mol. The Balaban J connectivity index is 1.44. The highest BCUT2D eigenvalue weighted by Crippen LogP contribution is 2.32. The van der Waals surface area contributed by atoms with Crippen LogP contribution in [-0.4, -0.2) is 54.8 Å². The zero-order valence-electron chi connectivity index (χ0n) is 19.3. The number of hydrogen-bond donors (Lipinski definition) is 3. The Bertz CT molecular complexity index is 1890. The molecule has 0 aliphatic rings. The highest BCUT2D eigenvalue weighted by Gasteiger charge is 2.17. The van der Waals surface area contributed by atoms with Gasteiger partial charge in [0, 0.05) is 36.1 Å². The van der Waals surface area contributed by atoms with Crippen LogP contribution in [0, 0.1) is 5.82 Å². The molecule has 0 unspecified atom stereocenters. The van der Waals surface area contributed by atoms with Crippen LogP contribution >= 0.6 is 0 Å². The number of aromatic nitrogens is 8. The minimum absolute atomic E-state index is 0.0414. The average Bonchev–Trinajstić information content (AvgIpc) is 3.51. The fourth-order valence-electron chi connectivity index (χ4n) is 4.05. The molecule has 11 nitrogen and oxygen atoms in total. The zero-order valence-corrected chi connectivity index (χ0v) is 20.1. The molecule has 0 saturated heterocycles. The molecule has 6 aromatic rings. The van der Waals surface area contributed by atoms with Crippen molar-refractivity contribution in [3.8, 4) is 34.0 Å². The van der Waals surface area contributed by atoms with Gasteiger partial charge in [0.2, 0.25) is 10.0 Å². The van der Waals surface area contributed by atoms with Crippen molar-refractivity contribution < 1.29 is 12.8 Å². The number of imidazole rings is 1. The zero-order chi connectivity index (χ0) is 25.6. The van der Waals surface area contributed by atoms with Crippen molar-refractivity contribution in [2.45, 2.75) is 6.54 Å². The van der Waals surface area contributed by atoms with Crippen molar-refractivity contribution in [2.75, 3.05) is 6.26 Å². The molecule has 6 rings (SSSR count). The maximum Gasteiger partial charge on any atom is 0.209 e. The van der Waals surface area contributed by atoms with E-state index in [0.717, 1.165) is 17.2 Å². The van der Waals surface area contributed by atoms with Gasteiger partial charge in [0.15, 0.2) is 5.82 Å². The summed E-state index contributed by atoms with van der Waals surface area (Å²) in [7, 11) is -3.43. The molecule has 5 heterocycles. The van der Waals surface area contributed by atoms with Gasteiger partial charge in [-0.2, -0.15) is 5.10 Å². The summed E-state index contributed by atoms with van der Waals surface area (Å²) >= 11 is 0. The molecule has 0 aliphatic heterocycles. The number of sulfonamides is 1. The number of hydrogen-bond acceptors (Lipinski definition) is 8. The summed E-state index contributed by atoms with van der Waals surface area (Å²) in [6.07, 6.45) is 10.8. The summed E-state index contributed by atoms with van der Waals surface area (Å²) in [6, 6.07) is 6.20. The first-order valence-electron chi connectivity index (χ1n) is 11.0. The molecular formula is C24H18FN9O2S. The Hall–Kier alpha value is -4.62. The Morgan fingerprint density at radius 2 is 1.84 bits per heavy atom. The van der Waals surface area contributed by atoms with Gasteiger partial charge < -0.3 is 4.98 Å². The number of benzene rings is 1. The van der Waals surface area contributed by atoms with Gasteiger partial charge in [0.05, 0.1) is 47.1 Å². The number of rotatable bonds is 6. The lowest BCUT2D eigenvalue weighted by atomic mass is 10.0. The molecule has 0 bridgehead atoms. The van der Waals surface area contributed by atoms with Crippen LogP contribution in [0.1, 0.15) is 5.56 Å². The van der Waals surface area contributed by atoms with E-state index in [1.807, 2.05) is 6.07 Å². The number of aromatic amines is 2. The van der Waals surface area contributed by atoms with Crippen molar-refractivity contribution in [1.29, 1.82) is 0 Å². The second-order valence-electron chi connectivity index (χ2n) is 8.39. The fourth-order valence-corrected chi connectivity index (χ4v) is 4.48. The SMILES string of the molecule is CS(=O)(=O)NCc1cc(F)cc(-c2cncc3[nH]c(-c4n[nH]c5cnc(-c6cnccn6)cc45)nc23)c1. The van der Waals surface area contributed by atoms with Gasteiger partial charge >= 0.3 is 0 Å². The second kappa shape index (κ2) is 8.80. The van der Waals surface area contributed by atoms with Crippen LogP contribution in [0.2, 0.25) is 0 Å². The summed E-state index contributed by atoms with van der Waals surface area (Å²) in [6.45, 7) is -0.0414. The van der Waals surface area contributed by atoms with Crippen molar-refractivity contribution in [3.05, 3.63) is 72.8 Å². The first-order chi connectivity index (χ1) is 17.8. The molecule has 0 aliphatic carbocycles. The number of halogens is 1. The van der Waals surface area contributed by atoms with Gasteiger partial charge in [0.1, 0.15) is 17.2 Å². The fraction of sp³-hybridized carbons (Fsp3) is 0.0833. The van der Waals surface area contributed by atoms with E-state index in [-0.39, 0.29) is 6.54 Å². The summed E-state index contributed by atoms with van der Waals surface area (Å²) in [5.74, 6) is -0.0138. The van der Waals surface area contributed by atoms with Gasteiger partial charge in [-0.05, 0) is 35.4 Å². The average molecular weight is 516 g/mol. The van der Waals surface area contributed by atoms with E-state index in [0.29, 0.717) is 50.6 Å². The molecular weight excluding hydrogens is 497 g/mol. The summed E-state index contributed by atoms with van der Waals surface area (Å²) in [4.78, 5) is 25.1. The molecule has 0 spiro atoms. The Morgan fingerprint density at radius 3 is 2.65 bits per heavy atom. The normalized spacial score (nSPS) is 11.9. The molecule has 3 N–H and O–H groups in total. The lowest BCUT2D eigenvalue weighted by Gasteiger charge is -2.07. The summed E-state index contributed by atoms with van der Waals surface area (Å²) in [5, 5.41) is 8.18. The first-order valence-corrected chi connectivity index (χ1v) is 12.9. The van der Waals surface area contributed by atoms with Crippen molar-refractivity contribution in [1.82, 2.24) is 44.8 Å². The van der Waals surface area contributed by atoms with E-state index < -0.39 is 15.8 Å². The van der Waals surface area contributed by atoms with E-state index in [2.05, 4.69) is 39.8 Å². The van der Waals surface area contributed by atoms with Crippen LogP contribution < -0.4 is 4.72 Å². The highest BCUT2D eigenvalue weighted by atomic mass is 32.2. The van der Waals surface area contributed by atoms with Gasteiger partial charge in [-0.15, -0.1) is 0 Å². The molecule has 0 saturated carbocycles. The van der Waals surface area contributed by atoms with Crippen LogP contribution in [0.4, 0.5) is 4.39 Å². The van der Waals surface area contributed by atoms with E-state index >= 15 is 0 Å². The van der Waals surface area contributed by atoms with Crippen molar-refractivity contribution in [3.63, 3.8) is 0 Å². The maximum atomic E-state index is 14.5. The van der Waals surface area contributed by atoms with Crippen LogP contribution in [0.15, 0.2) is 61.4 Å². The van der Waals surface area contributed by atoms with Gasteiger partial charge in [-0.3, -0.25) is 25.0 Å². The van der Waals surface area contributed by atoms with E-state index in [9.17, 15) is 12.8 Å². The third-order valence-electron chi connectivity index (χ3n) is 5.70. The van der Waals surface area contributed by atoms with Crippen LogP contribution in [0.3, 0.4) is 0 Å². The van der Waals surface area contributed by atoms with Gasteiger partial charge in [-0.1, -0.05) is 0 Å². The predicted molar refractivity (Wildman–Crippen MR) is 135 cm³/mol. The smallest absolute Gasteiger partial charge is 0.209 e. The highest BCUT2D eigenvalue weighted by molar-refractivity contribution is 7.88. The first kappa shape index (κ1) is 22.8. The van der Waals surface area contributed by atoms with E-state index in [1.54, 1.807) is 43.2 Å². The largest absolute Gasteiger partial charge is 0.335 e. The number of H-pyrrole nitrogens is 2. The van der Waals surface area contributed by atoms with E-state index in [4.69, 9.17) is 4.98 Å². The molecule has 37 heavy (non-hydrogen) atoms. The number of pyridine rings is 2. The lowest BCUT2D eigenvalue weighted by Crippen LogP contribution is -2.21.